The van der Waals surface area contributed by atoms with Crippen LogP contribution in [0.5, 0.6) is 0 Å². The molecule has 1 aromatic rings. The van der Waals surface area contributed by atoms with Crippen LogP contribution in [0.3, 0.4) is 0 Å². The third kappa shape index (κ3) is 3.12. The molecule has 0 radical (unpaired) electrons. The van der Waals surface area contributed by atoms with Crippen LogP contribution in [0.1, 0.15) is 39.9 Å². The van der Waals surface area contributed by atoms with E-state index in [4.69, 9.17) is 5.11 Å². The number of hydrogen-bond acceptors (Lipinski definition) is 8. The normalized spacial score (nSPS) is 20.5. The molecule has 0 aliphatic carbocycles. The summed E-state index contributed by atoms with van der Waals surface area (Å²) in [7, 11) is 2.21. The highest BCUT2D eigenvalue weighted by molar-refractivity contribution is 6.00. The highest BCUT2D eigenvalue weighted by Gasteiger charge is 2.37. The van der Waals surface area contributed by atoms with Gasteiger partial charge >= 0.3 is 17.9 Å². The number of nitrogens with zero attached hydrogens (tertiary/aromatic N) is 3. The van der Waals surface area contributed by atoms with Gasteiger partial charge in [-0.2, -0.15) is 0 Å². The molecule has 0 bridgehead atoms. The molecule has 11 heteroatoms. The fourth-order valence-corrected chi connectivity index (χ4v) is 2.30. The van der Waals surface area contributed by atoms with Gasteiger partial charge in [0, 0.05) is 12.8 Å². The number of amides is 1. The summed E-state index contributed by atoms with van der Waals surface area (Å²) in [5, 5.41) is 18.6. The summed E-state index contributed by atoms with van der Waals surface area (Å²) in [5.41, 5.74) is -0.652. The zero-order valence-corrected chi connectivity index (χ0v) is 12.3. The number of piperidine rings is 1. The molecule has 0 aromatic carbocycles. The summed E-state index contributed by atoms with van der Waals surface area (Å²) < 4.78 is 10.1. The maximum absolute atomic E-state index is 11.9. The number of methoxy groups -OCH3 is 2. The summed E-state index contributed by atoms with van der Waals surface area (Å²) in [4.78, 5) is 46.3. The van der Waals surface area contributed by atoms with E-state index in [9.17, 15) is 19.2 Å². The quantitative estimate of drug-likeness (QED) is 0.647. The Kier molecular flexibility index (Phi) is 4.57. The summed E-state index contributed by atoms with van der Waals surface area (Å²) in [6.07, 6.45) is -0.132. The lowest BCUT2D eigenvalue weighted by Gasteiger charge is -2.27. The number of esters is 2. The van der Waals surface area contributed by atoms with Gasteiger partial charge in [-0.15, -0.1) is 5.10 Å². The van der Waals surface area contributed by atoms with Crippen molar-refractivity contribution in [2.24, 2.45) is 0 Å². The van der Waals surface area contributed by atoms with Crippen LogP contribution in [0.25, 0.3) is 0 Å². The SMILES string of the molecule is COC(=O)c1nnn(C2CC(=O)NC(C(=O)O)C2)c1C(=O)OC. The molecule has 2 unspecified atom stereocenters. The lowest BCUT2D eigenvalue weighted by Crippen LogP contribution is -2.47. The summed E-state index contributed by atoms with van der Waals surface area (Å²) in [6, 6.07) is -1.89. The standard InChI is InChI=1S/C12H14N4O7/c1-22-11(20)8-9(12(21)23-2)16(15-14-8)5-3-6(10(18)19)13-7(17)4-5/h5-6H,3-4H2,1-2H3,(H,13,17)(H,18,19). The van der Waals surface area contributed by atoms with Gasteiger partial charge in [0.15, 0.2) is 5.69 Å². The van der Waals surface area contributed by atoms with Gasteiger partial charge in [0.2, 0.25) is 11.6 Å². The number of ether oxygens (including phenoxy) is 2. The molecule has 1 amide bonds. The second-order valence-corrected chi connectivity index (χ2v) is 4.77. The van der Waals surface area contributed by atoms with Crippen LogP contribution in [-0.4, -0.2) is 64.2 Å². The van der Waals surface area contributed by atoms with Crippen LogP contribution < -0.4 is 5.32 Å². The fraction of sp³-hybridized carbons (Fsp3) is 0.500. The van der Waals surface area contributed by atoms with Gasteiger partial charge in [0.05, 0.1) is 20.3 Å². The van der Waals surface area contributed by atoms with Crippen molar-refractivity contribution in [1.82, 2.24) is 20.3 Å². The number of carbonyl (C=O) groups is 4. The van der Waals surface area contributed by atoms with E-state index in [2.05, 4.69) is 25.1 Å². The van der Waals surface area contributed by atoms with Gasteiger partial charge in [-0.25, -0.2) is 19.1 Å². The van der Waals surface area contributed by atoms with Gasteiger partial charge in [-0.3, -0.25) is 4.79 Å². The average Bonchev–Trinajstić information content (AvgIpc) is 2.97. The molecular formula is C12H14N4O7. The molecule has 1 aliphatic rings. The van der Waals surface area contributed by atoms with E-state index in [0.29, 0.717) is 0 Å². The first kappa shape index (κ1) is 16.4. The van der Waals surface area contributed by atoms with Gasteiger partial charge in [0.25, 0.3) is 0 Å². The van der Waals surface area contributed by atoms with Crippen LogP contribution in [-0.2, 0) is 19.1 Å². The number of rotatable bonds is 4. The lowest BCUT2D eigenvalue weighted by molar-refractivity contribution is -0.144. The number of carboxylic acids is 1. The zero-order chi connectivity index (χ0) is 17.1. The van der Waals surface area contributed by atoms with Crippen LogP contribution in [0.2, 0.25) is 0 Å². The van der Waals surface area contributed by atoms with Crippen molar-refractivity contribution in [2.45, 2.75) is 24.9 Å². The monoisotopic (exact) mass is 326 g/mol. The minimum atomic E-state index is -1.21. The first-order valence-corrected chi connectivity index (χ1v) is 6.53. The number of carbonyl (C=O) groups excluding carboxylic acids is 3. The van der Waals surface area contributed by atoms with Crippen LogP contribution in [0.15, 0.2) is 0 Å². The van der Waals surface area contributed by atoms with Crippen molar-refractivity contribution in [3.8, 4) is 0 Å². The molecule has 124 valence electrons. The molecule has 0 saturated carbocycles. The summed E-state index contributed by atoms with van der Waals surface area (Å²) >= 11 is 0. The van der Waals surface area contributed by atoms with Crippen molar-refractivity contribution in [1.29, 1.82) is 0 Å². The Morgan fingerprint density at radius 1 is 1.26 bits per heavy atom. The van der Waals surface area contributed by atoms with E-state index in [1.165, 1.54) is 0 Å². The third-order valence-electron chi connectivity index (χ3n) is 3.36. The molecule has 1 fully saturated rings. The molecule has 11 nitrogen and oxygen atoms in total. The summed E-state index contributed by atoms with van der Waals surface area (Å²) in [6.45, 7) is 0. The van der Waals surface area contributed by atoms with E-state index in [0.717, 1.165) is 18.9 Å². The summed E-state index contributed by atoms with van der Waals surface area (Å²) in [5.74, 6) is -3.52. The molecule has 0 spiro atoms. The minimum Gasteiger partial charge on any atom is -0.480 e. The number of aliphatic carboxylic acids is 1. The van der Waals surface area contributed by atoms with E-state index in [-0.39, 0.29) is 24.2 Å². The van der Waals surface area contributed by atoms with Crippen molar-refractivity contribution < 1.29 is 33.8 Å². The highest BCUT2D eigenvalue weighted by atomic mass is 16.5. The maximum atomic E-state index is 11.9. The van der Waals surface area contributed by atoms with E-state index < -0.39 is 35.9 Å². The predicted octanol–water partition coefficient (Wildman–Crippen LogP) is -1.24. The first-order chi connectivity index (χ1) is 10.9. The zero-order valence-electron chi connectivity index (χ0n) is 12.3. The van der Waals surface area contributed by atoms with Crippen molar-refractivity contribution in [2.75, 3.05) is 14.2 Å². The Morgan fingerprint density at radius 3 is 2.48 bits per heavy atom. The molecule has 1 saturated heterocycles. The van der Waals surface area contributed by atoms with Gasteiger partial charge < -0.3 is 19.9 Å². The molecule has 2 rings (SSSR count). The molecule has 1 aromatic heterocycles. The number of aromatic nitrogens is 3. The minimum absolute atomic E-state index is 0.0188. The fourth-order valence-electron chi connectivity index (χ4n) is 2.30. The average molecular weight is 326 g/mol. The van der Waals surface area contributed by atoms with E-state index in [1.54, 1.807) is 0 Å². The van der Waals surface area contributed by atoms with Gasteiger partial charge in [-0.05, 0) is 0 Å². The van der Waals surface area contributed by atoms with Crippen LogP contribution in [0, 0.1) is 0 Å². The second-order valence-electron chi connectivity index (χ2n) is 4.77. The Balaban J connectivity index is 2.44. The van der Waals surface area contributed by atoms with Gasteiger partial charge in [-0.1, -0.05) is 5.21 Å². The molecule has 2 N–H and O–H groups in total. The number of nitrogens with one attached hydrogen (secondary N) is 1. The predicted molar refractivity (Wildman–Crippen MR) is 70.5 cm³/mol. The van der Waals surface area contributed by atoms with E-state index in [1.807, 2.05) is 0 Å². The van der Waals surface area contributed by atoms with E-state index >= 15 is 0 Å². The van der Waals surface area contributed by atoms with Gasteiger partial charge in [0.1, 0.15) is 6.04 Å². The molecule has 2 atom stereocenters. The smallest absolute Gasteiger partial charge is 0.361 e. The Hall–Kier alpha value is -2.98. The maximum Gasteiger partial charge on any atom is 0.361 e. The second kappa shape index (κ2) is 6.42. The lowest BCUT2D eigenvalue weighted by atomic mass is 9.98. The van der Waals surface area contributed by atoms with Crippen molar-refractivity contribution in [3.63, 3.8) is 0 Å². The first-order valence-electron chi connectivity index (χ1n) is 6.53. The Morgan fingerprint density at radius 2 is 1.91 bits per heavy atom. The number of carboxylic acid groups (broad SMARTS) is 1. The Labute approximate surface area is 129 Å². The topological polar surface area (TPSA) is 150 Å². The van der Waals surface area contributed by atoms with Crippen molar-refractivity contribution in [3.05, 3.63) is 11.4 Å². The molecular weight excluding hydrogens is 312 g/mol. The largest absolute Gasteiger partial charge is 0.480 e. The third-order valence-corrected chi connectivity index (χ3v) is 3.36. The van der Waals surface area contributed by atoms with Crippen LogP contribution >= 0.6 is 0 Å². The van der Waals surface area contributed by atoms with Crippen molar-refractivity contribution >= 4 is 23.8 Å². The Bertz CT molecular complexity index is 668. The van der Waals surface area contributed by atoms with Crippen LogP contribution in [0.4, 0.5) is 0 Å². The molecule has 23 heavy (non-hydrogen) atoms. The number of hydrogen-bond donors (Lipinski definition) is 2. The molecule has 2 heterocycles. The highest BCUT2D eigenvalue weighted by Crippen LogP contribution is 2.25. The molecule has 1 aliphatic heterocycles.